The second kappa shape index (κ2) is 4.71. The van der Waals surface area contributed by atoms with Crippen LogP contribution in [-0.2, 0) is 6.54 Å². The zero-order chi connectivity index (χ0) is 12.5. The third kappa shape index (κ3) is 2.40. The van der Waals surface area contributed by atoms with Crippen molar-refractivity contribution in [3.05, 3.63) is 41.1 Å². The van der Waals surface area contributed by atoms with Crippen molar-refractivity contribution in [2.45, 2.75) is 25.4 Å². The highest BCUT2D eigenvalue weighted by Crippen LogP contribution is 2.31. The van der Waals surface area contributed by atoms with E-state index in [-0.39, 0.29) is 5.82 Å². The third-order valence-corrected chi connectivity index (χ3v) is 3.27. The molecule has 0 unspecified atom stereocenters. The Bertz CT molecular complexity index is 566. The number of halogens is 2. The molecule has 0 atom stereocenters. The van der Waals surface area contributed by atoms with Gasteiger partial charge >= 0.3 is 0 Å². The Balaban J connectivity index is 1.88. The predicted octanol–water partition coefficient (Wildman–Crippen LogP) is 3.39. The van der Waals surface area contributed by atoms with Crippen molar-refractivity contribution in [3.8, 4) is 11.3 Å². The highest BCUT2D eigenvalue weighted by atomic mass is 35.5. The molecule has 1 aliphatic rings. The number of oxazole rings is 1. The number of nitrogens with one attached hydrogen (secondary N) is 1. The summed E-state index contributed by atoms with van der Waals surface area (Å²) in [4.78, 5) is 4.17. The monoisotopic (exact) mass is 266 g/mol. The molecule has 2 aromatic rings. The normalized spacial score (nSPS) is 15.0. The van der Waals surface area contributed by atoms with Gasteiger partial charge in [0.25, 0.3) is 0 Å². The fourth-order valence-electron chi connectivity index (χ4n) is 1.82. The molecule has 1 aromatic heterocycles. The minimum absolute atomic E-state index is 0.333. The first-order chi connectivity index (χ1) is 8.74. The van der Waals surface area contributed by atoms with Gasteiger partial charge in [0.15, 0.2) is 12.2 Å². The van der Waals surface area contributed by atoms with Gasteiger partial charge in [0, 0.05) is 18.2 Å². The maximum atomic E-state index is 13.0. The van der Waals surface area contributed by atoms with Gasteiger partial charge in [-0.3, -0.25) is 0 Å². The maximum absolute atomic E-state index is 13.0. The van der Waals surface area contributed by atoms with Crippen LogP contribution in [0.15, 0.2) is 29.0 Å². The second-order valence-corrected chi connectivity index (χ2v) is 4.81. The highest BCUT2D eigenvalue weighted by Gasteiger charge is 2.22. The Labute approximate surface area is 109 Å². The molecule has 0 aliphatic heterocycles. The molecular weight excluding hydrogens is 255 g/mol. The van der Waals surface area contributed by atoms with E-state index in [1.54, 1.807) is 6.07 Å². The van der Waals surface area contributed by atoms with Gasteiger partial charge in [-0.2, -0.15) is 0 Å². The average molecular weight is 267 g/mol. The molecule has 0 spiro atoms. The quantitative estimate of drug-likeness (QED) is 0.922. The molecule has 1 aliphatic carbocycles. The first-order valence-corrected chi connectivity index (χ1v) is 6.23. The summed E-state index contributed by atoms with van der Waals surface area (Å²) in [5.74, 6) is 0.245. The molecule has 5 heteroatoms. The lowest BCUT2D eigenvalue weighted by atomic mass is 10.1. The summed E-state index contributed by atoms with van der Waals surface area (Å²) in [6.07, 6.45) is 3.81. The van der Waals surface area contributed by atoms with Crippen LogP contribution in [0.3, 0.4) is 0 Å². The van der Waals surface area contributed by atoms with Gasteiger partial charge in [-0.15, -0.1) is 0 Å². The van der Waals surface area contributed by atoms with Crippen LogP contribution in [0.5, 0.6) is 0 Å². The number of aromatic nitrogens is 1. The van der Waals surface area contributed by atoms with E-state index >= 15 is 0 Å². The largest absolute Gasteiger partial charge is 0.443 e. The minimum Gasteiger partial charge on any atom is -0.443 e. The van der Waals surface area contributed by atoms with Crippen molar-refractivity contribution >= 4 is 11.6 Å². The van der Waals surface area contributed by atoms with Crippen LogP contribution < -0.4 is 5.32 Å². The predicted molar refractivity (Wildman–Crippen MR) is 66.8 cm³/mol. The Kier molecular flexibility index (Phi) is 3.06. The van der Waals surface area contributed by atoms with Gasteiger partial charge < -0.3 is 9.73 Å². The summed E-state index contributed by atoms with van der Waals surface area (Å²) in [6, 6.07) is 4.84. The van der Waals surface area contributed by atoms with Gasteiger partial charge in [0.2, 0.25) is 0 Å². The summed E-state index contributed by atoms with van der Waals surface area (Å²) in [5, 5.41) is 3.69. The van der Waals surface area contributed by atoms with E-state index in [1.165, 1.54) is 31.4 Å². The summed E-state index contributed by atoms with van der Waals surface area (Å²) in [7, 11) is 0. The van der Waals surface area contributed by atoms with Crippen molar-refractivity contribution in [1.29, 1.82) is 0 Å². The van der Waals surface area contributed by atoms with Crippen LogP contribution in [0.1, 0.15) is 18.5 Å². The molecule has 1 heterocycles. The molecule has 94 valence electrons. The van der Waals surface area contributed by atoms with E-state index in [0.29, 0.717) is 28.9 Å². The molecular formula is C13H12ClFN2O. The molecule has 1 N–H and O–H groups in total. The number of hydrogen-bond donors (Lipinski definition) is 1. The molecule has 3 rings (SSSR count). The molecule has 1 aromatic carbocycles. The number of rotatable bonds is 4. The van der Waals surface area contributed by atoms with Gasteiger partial charge in [0.05, 0.1) is 5.02 Å². The van der Waals surface area contributed by atoms with Gasteiger partial charge in [-0.1, -0.05) is 11.6 Å². The zero-order valence-electron chi connectivity index (χ0n) is 9.62. The van der Waals surface area contributed by atoms with Crippen molar-refractivity contribution in [2.75, 3.05) is 0 Å². The Hall–Kier alpha value is -1.39. The van der Waals surface area contributed by atoms with Crippen molar-refractivity contribution in [3.63, 3.8) is 0 Å². The van der Waals surface area contributed by atoms with E-state index in [9.17, 15) is 4.39 Å². The number of nitrogens with zero attached hydrogens (tertiary/aromatic N) is 1. The Morgan fingerprint density at radius 3 is 3.00 bits per heavy atom. The fourth-order valence-corrected chi connectivity index (χ4v) is 2.07. The summed E-state index contributed by atoms with van der Waals surface area (Å²) in [6.45, 7) is 0.643. The van der Waals surface area contributed by atoms with E-state index < -0.39 is 0 Å². The summed E-state index contributed by atoms with van der Waals surface area (Å²) < 4.78 is 18.4. The first-order valence-electron chi connectivity index (χ1n) is 5.85. The van der Waals surface area contributed by atoms with Crippen LogP contribution in [0, 0.1) is 5.82 Å². The van der Waals surface area contributed by atoms with Crippen LogP contribution in [0.4, 0.5) is 4.39 Å². The molecule has 1 fully saturated rings. The van der Waals surface area contributed by atoms with E-state index in [2.05, 4.69) is 10.3 Å². The van der Waals surface area contributed by atoms with Gasteiger partial charge in [-0.05, 0) is 31.0 Å². The lowest BCUT2D eigenvalue weighted by molar-refractivity contribution is 0.569. The second-order valence-electron chi connectivity index (χ2n) is 4.41. The molecule has 0 amide bonds. The van der Waals surface area contributed by atoms with Crippen LogP contribution >= 0.6 is 11.6 Å². The standard InChI is InChI=1S/C13H12ClFN2O/c14-11-5-8(15)1-4-10(11)13-12(17-7-18-13)6-16-9-2-3-9/h1,4-5,7,9,16H,2-3,6H2. The fraction of sp³-hybridized carbons (Fsp3) is 0.308. The van der Waals surface area contributed by atoms with E-state index in [4.69, 9.17) is 16.0 Å². The third-order valence-electron chi connectivity index (χ3n) is 2.95. The van der Waals surface area contributed by atoms with Gasteiger partial charge in [0.1, 0.15) is 11.5 Å². The van der Waals surface area contributed by atoms with Crippen molar-refractivity contribution in [1.82, 2.24) is 10.3 Å². The molecule has 3 nitrogen and oxygen atoms in total. The summed E-state index contributed by atoms with van der Waals surface area (Å²) in [5.41, 5.74) is 1.47. The van der Waals surface area contributed by atoms with Crippen LogP contribution in [-0.4, -0.2) is 11.0 Å². The van der Waals surface area contributed by atoms with Crippen LogP contribution in [0.25, 0.3) is 11.3 Å². The van der Waals surface area contributed by atoms with E-state index in [1.807, 2.05) is 0 Å². The molecule has 0 saturated heterocycles. The van der Waals surface area contributed by atoms with Crippen molar-refractivity contribution in [2.24, 2.45) is 0 Å². The SMILES string of the molecule is Fc1ccc(-c2ocnc2CNC2CC2)c(Cl)c1. The molecule has 1 saturated carbocycles. The Morgan fingerprint density at radius 1 is 1.44 bits per heavy atom. The van der Waals surface area contributed by atoms with Gasteiger partial charge in [-0.25, -0.2) is 9.37 Å². The van der Waals surface area contributed by atoms with E-state index in [0.717, 1.165) is 5.69 Å². The smallest absolute Gasteiger partial charge is 0.181 e. The zero-order valence-corrected chi connectivity index (χ0v) is 10.4. The first kappa shape index (κ1) is 11.7. The number of benzene rings is 1. The molecule has 0 radical (unpaired) electrons. The minimum atomic E-state index is -0.360. The highest BCUT2D eigenvalue weighted by molar-refractivity contribution is 6.33. The maximum Gasteiger partial charge on any atom is 0.181 e. The summed E-state index contributed by atoms with van der Waals surface area (Å²) >= 11 is 6.02. The lowest BCUT2D eigenvalue weighted by Crippen LogP contribution is -2.16. The molecule has 18 heavy (non-hydrogen) atoms. The number of hydrogen-bond acceptors (Lipinski definition) is 3. The average Bonchev–Trinajstić information content (AvgIpc) is 3.06. The molecule has 0 bridgehead atoms. The topological polar surface area (TPSA) is 38.1 Å². The van der Waals surface area contributed by atoms with Crippen molar-refractivity contribution < 1.29 is 8.81 Å². The lowest BCUT2D eigenvalue weighted by Gasteiger charge is -2.04. The van der Waals surface area contributed by atoms with Crippen LogP contribution in [0.2, 0.25) is 5.02 Å². The Morgan fingerprint density at radius 2 is 2.28 bits per heavy atom.